The largest absolute Gasteiger partial charge is 0.483 e. The van der Waals surface area contributed by atoms with Crippen LogP contribution in [0.1, 0.15) is 24.7 Å². The summed E-state index contributed by atoms with van der Waals surface area (Å²) in [6.45, 7) is 2.92. The molecule has 3 rings (SSSR count). The maximum atomic E-state index is 12.1. The lowest BCUT2D eigenvalue weighted by atomic mass is 10.1. The average molecular weight is 299 g/mol. The second-order valence-electron chi connectivity index (χ2n) is 5.55. The molecule has 0 bridgehead atoms. The first kappa shape index (κ1) is 14.6. The smallest absolute Gasteiger partial charge is 0.258 e. The number of carbonyl (C=O) groups excluding carboxylic acids is 1. The minimum absolute atomic E-state index is 0.0598. The van der Waals surface area contributed by atoms with Gasteiger partial charge < -0.3 is 14.6 Å². The van der Waals surface area contributed by atoms with Crippen molar-refractivity contribution in [1.29, 1.82) is 0 Å². The molecule has 0 aliphatic carbocycles. The number of hydrogen-bond donors (Lipinski definition) is 1. The van der Waals surface area contributed by atoms with Crippen LogP contribution in [0.4, 0.5) is 0 Å². The van der Waals surface area contributed by atoms with Gasteiger partial charge >= 0.3 is 0 Å². The van der Waals surface area contributed by atoms with E-state index in [0.29, 0.717) is 0 Å². The zero-order chi connectivity index (χ0) is 15.4. The van der Waals surface area contributed by atoms with Crippen molar-refractivity contribution < 1.29 is 9.53 Å². The highest BCUT2D eigenvalue weighted by molar-refractivity contribution is 5.77. The van der Waals surface area contributed by atoms with Crippen molar-refractivity contribution in [2.24, 2.45) is 0 Å². The number of ether oxygens (including phenoxy) is 1. The Kier molecular flexibility index (Phi) is 4.42. The molecule has 0 saturated heterocycles. The lowest BCUT2D eigenvalue weighted by Crippen LogP contribution is -2.42. The Morgan fingerprint density at radius 3 is 3.18 bits per heavy atom. The van der Waals surface area contributed by atoms with Gasteiger partial charge in [0.15, 0.2) is 6.61 Å². The summed E-state index contributed by atoms with van der Waals surface area (Å²) in [5.41, 5.74) is 1.12. The van der Waals surface area contributed by atoms with Crippen molar-refractivity contribution in [2.75, 3.05) is 6.61 Å². The Morgan fingerprint density at radius 1 is 1.45 bits per heavy atom. The highest BCUT2D eigenvalue weighted by Gasteiger charge is 2.20. The van der Waals surface area contributed by atoms with Crippen molar-refractivity contribution in [1.82, 2.24) is 14.9 Å². The first-order valence-corrected chi connectivity index (χ1v) is 7.76. The predicted molar refractivity (Wildman–Crippen MR) is 83.8 cm³/mol. The molecule has 2 aromatic rings. The lowest BCUT2D eigenvalue weighted by molar-refractivity contribution is -0.124. The van der Waals surface area contributed by atoms with E-state index in [9.17, 15) is 4.79 Å². The fourth-order valence-corrected chi connectivity index (χ4v) is 2.83. The van der Waals surface area contributed by atoms with Crippen LogP contribution in [0.5, 0.6) is 5.75 Å². The van der Waals surface area contributed by atoms with Gasteiger partial charge in [-0.3, -0.25) is 4.79 Å². The number of nitrogens with zero attached hydrogens (tertiary/aromatic N) is 2. The summed E-state index contributed by atoms with van der Waals surface area (Å²) in [5.74, 6) is 1.82. The van der Waals surface area contributed by atoms with Crippen molar-refractivity contribution in [3.05, 3.63) is 48.0 Å². The molecule has 0 saturated carbocycles. The zero-order valence-corrected chi connectivity index (χ0v) is 12.8. The van der Waals surface area contributed by atoms with Gasteiger partial charge in [0.2, 0.25) is 0 Å². The van der Waals surface area contributed by atoms with Crippen molar-refractivity contribution in [3.63, 3.8) is 0 Å². The van der Waals surface area contributed by atoms with Crippen LogP contribution in [0.15, 0.2) is 36.7 Å². The minimum Gasteiger partial charge on any atom is -0.483 e. The summed E-state index contributed by atoms with van der Waals surface area (Å²) in [7, 11) is 0. The van der Waals surface area contributed by atoms with Crippen molar-refractivity contribution in [3.8, 4) is 5.75 Å². The molecule has 0 radical (unpaired) electrons. The molecule has 5 heteroatoms. The third kappa shape index (κ3) is 3.30. The molecule has 0 fully saturated rings. The van der Waals surface area contributed by atoms with E-state index in [0.717, 1.165) is 42.9 Å². The maximum Gasteiger partial charge on any atom is 0.258 e. The van der Waals surface area contributed by atoms with Crippen LogP contribution < -0.4 is 10.1 Å². The number of aromatic nitrogens is 2. The van der Waals surface area contributed by atoms with Gasteiger partial charge in [-0.15, -0.1) is 0 Å². The normalized spacial score (nSPS) is 16.9. The third-order valence-corrected chi connectivity index (χ3v) is 4.01. The molecule has 1 aromatic carbocycles. The van der Waals surface area contributed by atoms with E-state index in [1.165, 1.54) is 0 Å². The highest BCUT2D eigenvalue weighted by Crippen LogP contribution is 2.18. The Labute approximate surface area is 130 Å². The van der Waals surface area contributed by atoms with Crippen LogP contribution in [-0.4, -0.2) is 28.1 Å². The first-order valence-electron chi connectivity index (χ1n) is 7.76. The van der Waals surface area contributed by atoms with Crippen LogP contribution >= 0.6 is 0 Å². The van der Waals surface area contributed by atoms with Gasteiger partial charge in [0.1, 0.15) is 11.6 Å². The van der Waals surface area contributed by atoms with Gasteiger partial charge in [-0.1, -0.05) is 25.1 Å². The van der Waals surface area contributed by atoms with E-state index in [1.54, 1.807) is 0 Å². The van der Waals surface area contributed by atoms with Crippen LogP contribution in [0, 0.1) is 0 Å². The molecule has 0 spiro atoms. The van der Waals surface area contributed by atoms with E-state index in [4.69, 9.17) is 4.74 Å². The van der Waals surface area contributed by atoms with E-state index in [2.05, 4.69) is 21.8 Å². The fraction of sp³-hybridized carbons (Fsp3) is 0.412. The first-order chi connectivity index (χ1) is 10.8. The van der Waals surface area contributed by atoms with Crippen molar-refractivity contribution in [2.45, 2.75) is 38.8 Å². The fourth-order valence-electron chi connectivity index (χ4n) is 2.83. The number of benzene rings is 1. The van der Waals surface area contributed by atoms with Crippen LogP contribution in [0.2, 0.25) is 0 Å². The summed E-state index contributed by atoms with van der Waals surface area (Å²) >= 11 is 0. The third-order valence-electron chi connectivity index (χ3n) is 4.01. The number of fused-ring (bicyclic) bond motifs is 1. The van der Waals surface area contributed by atoms with Crippen molar-refractivity contribution >= 4 is 5.91 Å². The highest BCUT2D eigenvalue weighted by atomic mass is 16.5. The van der Waals surface area contributed by atoms with E-state index in [-0.39, 0.29) is 18.6 Å². The molecule has 2 heterocycles. The van der Waals surface area contributed by atoms with E-state index >= 15 is 0 Å². The van der Waals surface area contributed by atoms with Crippen LogP contribution in [-0.2, 0) is 24.2 Å². The molecule has 1 atom stereocenters. The van der Waals surface area contributed by atoms with E-state index < -0.39 is 0 Å². The predicted octanol–water partition coefficient (Wildman–Crippen LogP) is 1.96. The quantitative estimate of drug-likeness (QED) is 0.918. The maximum absolute atomic E-state index is 12.1. The summed E-state index contributed by atoms with van der Waals surface area (Å²) in [6, 6.07) is 7.99. The summed E-state index contributed by atoms with van der Waals surface area (Å²) in [6.07, 6.45) is 6.49. The topological polar surface area (TPSA) is 56.1 Å². The number of hydrogen-bond acceptors (Lipinski definition) is 3. The summed E-state index contributed by atoms with van der Waals surface area (Å²) < 4.78 is 7.75. The van der Waals surface area contributed by atoms with Gasteiger partial charge in [0, 0.05) is 31.4 Å². The number of aryl methyl sites for hydroxylation is 2. The Hall–Kier alpha value is -2.30. The van der Waals surface area contributed by atoms with Gasteiger partial charge in [-0.25, -0.2) is 4.98 Å². The molecule has 1 amide bonds. The van der Waals surface area contributed by atoms with Gasteiger partial charge in [-0.2, -0.15) is 0 Å². The zero-order valence-electron chi connectivity index (χ0n) is 12.8. The Balaban J connectivity index is 1.51. The molecular weight excluding hydrogens is 278 g/mol. The second-order valence-corrected chi connectivity index (χ2v) is 5.55. The number of carbonyl (C=O) groups is 1. The monoisotopic (exact) mass is 299 g/mol. The van der Waals surface area contributed by atoms with Gasteiger partial charge in [0.05, 0.1) is 0 Å². The number of rotatable bonds is 5. The van der Waals surface area contributed by atoms with Crippen LogP contribution in [0.3, 0.4) is 0 Å². The van der Waals surface area contributed by atoms with Gasteiger partial charge in [0.25, 0.3) is 5.91 Å². The molecule has 0 unspecified atom stereocenters. The SMILES string of the molecule is CCc1ccccc1OCC(=O)N[C@@H]1CCc2nccn2C1. The second kappa shape index (κ2) is 6.64. The number of imidazole rings is 1. The molecule has 22 heavy (non-hydrogen) atoms. The standard InChI is InChI=1S/C17H21N3O2/c1-2-13-5-3-4-6-15(13)22-12-17(21)19-14-7-8-16-18-9-10-20(16)11-14/h3-6,9-10,14H,2,7-8,11-12H2,1H3,(H,19,21)/t14-/m1/s1. The number of para-hydroxylation sites is 1. The number of amides is 1. The number of nitrogens with one attached hydrogen (secondary N) is 1. The van der Waals surface area contributed by atoms with Crippen LogP contribution in [0.25, 0.3) is 0 Å². The minimum atomic E-state index is -0.0699. The average Bonchev–Trinajstić information content (AvgIpc) is 3.01. The molecule has 1 aliphatic heterocycles. The molecule has 1 aromatic heterocycles. The lowest BCUT2D eigenvalue weighted by Gasteiger charge is -2.24. The summed E-state index contributed by atoms with van der Waals surface area (Å²) in [5, 5.41) is 3.04. The van der Waals surface area contributed by atoms with E-state index in [1.807, 2.05) is 36.7 Å². The Bertz CT molecular complexity index is 651. The molecule has 116 valence electrons. The van der Waals surface area contributed by atoms with Gasteiger partial charge in [-0.05, 0) is 24.5 Å². The Morgan fingerprint density at radius 2 is 2.32 bits per heavy atom. The summed E-state index contributed by atoms with van der Waals surface area (Å²) in [4.78, 5) is 16.4. The molecule has 1 N–H and O–H groups in total. The molecule has 5 nitrogen and oxygen atoms in total. The molecular formula is C17H21N3O2. The molecule has 1 aliphatic rings.